The second-order valence-electron chi connectivity index (χ2n) is 16.9. The van der Waals surface area contributed by atoms with E-state index in [2.05, 4.69) is 189 Å². The highest BCUT2D eigenvalue weighted by Gasteiger charge is 2.20. The summed E-state index contributed by atoms with van der Waals surface area (Å²) in [4.78, 5) is 29.5. The molecule has 1 aliphatic rings. The molecule has 5 rings (SSSR count). The largest absolute Gasteiger partial charge is 0.412 e. The zero-order valence-corrected chi connectivity index (χ0v) is 54.1. The Morgan fingerprint density at radius 3 is 1.57 bits per heavy atom. The number of carbonyl (C=O) groups excluding carboxylic acids is 2. The number of hydrogen-bond donors (Lipinski definition) is 8. The number of likely N-dealkylation sites (N-methyl/N-ethyl adjacent to an activating group) is 1. The van der Waals surface area contributed by atoms with Crippen LogP contribution in [0, 0.1) is 6.92 Å². The number of benzene rings is 3. The van der Waals surface area contributed by atoms with Crippen LogP contribution >= 0.6 is 0 Å². The van der Waals surface area contributed by atoms with Crippen molar-refractivity contribution in [1.29, 1.82) is 0 Å². The molecule has 19 nitrogen and oxygen atoms in total. The minimum Gasteiger partial charge on any atom is -0.412 e. The molecular weight excluding hydrogens is 1060 g/mol. The number of H-pyrrole nitrogens is 1. The molecule has 84 heavy (non-hydrogen) atoms. The molecule has 4 aromatic rings. The van der Waals surface area contributed by atoms with Crippen LogP contribution < -0.4 is 33.6 Å². The van der Waals surface area contributed by atoms with E-state index in [4.69, 9.17) is 35.6 Å². The van der Waals surface area contributed by atoms with Gasteiger partial charge >= 0.3 is 0 Å². The third-order valence-corrected chi connectivity index (χ3v) is 11.1. The van der Waals surface area contributed by atoms with Gasteiger partial charge in [0.1, 0.15) is 0 Å². The summed E-state index contributed by atoms with van der Waals surface area (Å²) in [5, 5.41) is 15.4. The first-order valence-corrected chi connectivity index (χ1v) is 27.4. The second-order valence-corrected chi connectivity index (χ2v) is 16.9. The van der Waals surface area contributed by atoms with Crippen LogP contribution in [0.3, 0.4) is 0 Å². The number of carbonyl (C=O) groups is 2. The number of aromatic amines is 1. The predicted octanol–water partition coefficient (Wildman–Crippen LogP) is 9.11. The zero-order chi connectivity index (χ0) is 63.3. The van der Waals surface area contributed by atoms with Gasteiger partial charge in [0.15, 0.2) is 6.29 Å². The molecule has 0 saturated heterocycles. The number of allylic oxidation sites excluding steroid dienone is 2. The third kappa shape index (κ3) is 41.4. The van der Waals surface area contributed by atoms with Crippen molar-refractivity contribution in [3.05, 3.63) is 180 Å². The summed E-state index contributed by atoms with van der Waals surface area (Å²) < 4.78 is 14.2. The standard InChI is InChI=1S/C15H19N.C15H21N.C13H19N.C6H13N3O.C6H12O2.C3H4N2.C3H8O.C2H6.2CH3NO.3H2O/c1-5-16-10-9-15-13(11(2)3)7-6-8-14(15)12(16)4;1-6-13-14(11(3)4)9-8-10-15(13)12(5)16-7-2;1-5-12-10(3)8-7-9-13(12)11(4)14-6-2;1-5(10-2)6(8)3-9-4-7;1-4-8-6(7)5(2)3;1-2-5-3-4-1;1-3-4-2;1-2;2*2-1-3;;;/h6-8H,2,4-5,9-10H2,1,3H3;8-10,16H,3,5-7H2,1-2,4H3;7-9,14H,4-6H2,1-3H3;3-5H,8H2,1-2H3,(H2,7,9);6-7H,2,4H2,1,3H3;1-3H,(H,4,5);3H2,1-2H3;1-2H3;2*1H,(H2,2,3);3*1H2/b;;;6-3-;;;;;;;;;/t;;;5-;;;;;;;;;/m...1........./s1. The zero-order valence-electron chi connectivity index (χ0n) is 54.1. The number of imidazole rings is 1. The Morgan fingerprint density at radius 2 is 1.23 bits per heavy atom. The molecule has 0 bridgehead atoms. The van der Waals surface area contributed by atoms with E-state index in [1.165, 1.54) is 62.6 Å². The number of aromatic nitrogens is 2. The summed E-state index contributed by atoms with van der Waals surface area (Å²) in [7, 11) is 3.26. The Balaban J connectivity index is -0.000000134. The van der Waals surface area contributed by atoms with Gasteiger partial charge in [-0.25, -0.2) is 9.98 Å². The van der Waals surface area contributed by atoms with Gasteiger partial charge in [-0.05, 0) is 127 Å². The lowest BCUT2D eigenvalue weighted by atomic mass is 9.90. The van der Waals surface area contributed by atoms with E-state index in [0.29, 0.717) is 17.9 Å². The molecular formula is C65H114N10O9. The second kappa shape index (κ2) is 61.5. The van der Waals surface area contributed by atoms with Gasteiger partial charge in [0.2, 0.25) is 12.8 Å². The highest BCUT2D eigenvalue weighted by atomic mass is 16.6. The molecule has 0 saturated carbocycles. The van der Waals surface area contributed by atoms with E-state index in [0.717, 1.165) is 80.3 Å². The van der Waals surface area contributed by atoms with Crippen molar-refractivity contribution in [2.75, 3.05) is 53.6 Å². The average molecular weight is 1180 g/mol. The van der Waals surface area contributed by atoms with Crippen LogP contribution in [0.5, 0.6) is 0 Å². The van der Waals surface area contributed by atoms with Crippen LogP contribution in [0.15, 0.2) is 135 Å². The van der Waals surface area contributed by atoms with Gasteiger partial charge in [0, 0.05) is 106 Å². The number of fused-ring (bicyclic) bond motifs is 1. The van der Waals surface area contributed by atoms with E-state index >= 15 is 0 Å². The highest BCUT2D eigenvalue weighted by Crippen LogP contribution is 2.32. The fourth-order valence-electron chi connectivity index (χ4n) is 7.03. The molecule has 18 N–H and O–H groups in total. The van der Waals surface area contributed by atoms with Crippen molar-refractivity contribution in [2.24, 2.45) is 27.9 Å². The number of amides is 2. The maximum Gasteiger partial charge on any atom is 0.204 e. The summed E-state index contributed by atoms with van der Waals surface area (Å²) in [5.74, 6) is 0. The molecule has 2 heterocycles. The van der Waals surface area contributed by atoms with Crippen LogP contribution in [-0.4, -0.2) is 122 Å². The summed E-state index contributed by atoms with van der Waals surface area (Å²) in [6, 6.07) is 19.1. The lowest BCUT2D eigenvalue weighted by Crippen LogP contribution is -2.29. The predicted molar refractivity (Wildman–Crippen MR) is 360 cm³/mol. The summed E-state index contributed by atoms with van der Waals surface area (Å²) in [5.41, 5.74) is 37.3. The van der Waals surface area contributed by atoms with Crippen molar-refractivity contribution in [1.82, 2.24) is 25.5 Å². The van der Waals surface area contributed by atoms with Crippen LogP contribution in [0.2, 0.25) is 0 Å². The van der Waals surface area contributed by atoms with Gasteiger partial charge in [0.25, 0.3) is 0 Å². The topological polar surface area (TPSA) is 349 Å². The maximum absolute atomic E-state index is 8.80. The number of aryl methyl sites for hydroxylation is 1. The first-order valence-electron chi connectivity index (χ1n) is 27.4. The summed E-state index contributed by atoms with van der Waals surface area (Å²) in [6.45, 7) is 57.5. The molecule has 2 amide bonds. The highest BCUT2D eigenvalue weighted by molar-refractivity contribution is 5.75. The van der Waals surface area contributed by atoms with Crippen molar-refractivity contribution in [3.8, 4) is 0 Å². The number of methoxy groups -OCH3 is 2. The monoisotopic (exact) mass is 1180 g/mol. The number of aliphatic hydroxyl groups is 1. The van der Waals surface area contributed by atoms with Gasteiger partial charge in [-0.1, -0.05) is 133 Å². The Bertz CT molecular complexity index is 2330. The molecule has 0 radical (unpaired) electrons. The molecule has 0 fully saturated rings. The number of primary amides is 2. The molecule has 478 valence electrons. The maximum atomic E-state index is 8.80. The average Bonchev–Trinajstić information content (AvgIpc) is 4.07. The van der Waals surface area contributed by atoms with Crippen LogP contribution in [0.1, 0.15) is 140 Å². The van der Waals surface area contributed by atoms with Crippen LogP contribution in [-0.2, 0) is 43.1 Å². The van der Waals surface area contributed by atoms with Crippen molar-refractivity contribution >= 4 is 47.4 Å². The number of nitrogens with zero attached hydrogens (tertiary/aromatic N) is 3. The smallest absolute Gasteiger partial charge is 0.204 e. The summed E-state index contributed by atoms with van der Waals surface area (Å²) in [6.07, 6.45) is 10.5. The van der Waals surface area contributed by atoms with Gasteiger partial charge in [-0.15, -0.1) is 0 Å². The Kier molecular flexibility index (Phi) is 67.9. The third-order valence-electron chi connectivity index (χ3n) is 11.1. The van der Waals surface area contributed by atoms with E-state index < -0.39 is 6.29 Å². The molecule has 0 aliphatic carbocycles. The van der Waals surface area contributed by atoms with E-state index in [1.54, 1.807) is 39.9 Å². The van der Waals surface area contributed by atoms with E-state index in [9.17, 15) is 0 Å². The Morgan fingerprint density at radius 1 is 0.774 bits per heavy atom. The first kappa shape index (κ1) is 92.8. The number of nitrogens with two attached hydrogens (primary N) is 4. The van der Waals surface area contributed by atoms with E-state index in [-0.39, 0.29) is 35.4 Å². The van der Waals surface area contributed by atoms with Gasteiger partial charge < -0.3 is 79.2 Å². The van der Waals surface area contributed by atoms with Crippen molar-refractivity contribution in [2.45, 2.75) is 129 Å². The number of ether oxygens (including phenoxy) is 3. The van der Waals surface area contributed by atoms with Crippen molar-refractivity contribution in [3.63, 3.8) is 0 Å². The molecule has 1 unspecified atom stereocenters. The van der Waals surface area contributed by atoms with Gasteiger partial charge in [-0.2, -0.15) is 0 Å². The summed E-state index contributed by atoms with van der Waals surface area (Å²) >= 11 is 0. The number of aliphatic imine (C=N–C) groups is 1. The number of hydrogen-bond acceptors (Lipinski definition) is 12. The molecule has 19 heteroatoms. The number of rotatable bonds is 18. The lowest BCUT2D eigenvalue weighted by molar-refractivity contribution is -0.107. The SMILES string of the molecule is C=C(C)C(O)OCC.C=C(C)c1cccc(C(=C)NCC)c1CC.C=C(C)c1cccc2c1CCN(CC)C2=C.C=C(NCC)c1cccc(C)c1CC.CC.CCOC.CO[C@H](C)/C(N)=C/N=CN.NC=O.NC=O.O.O.O.c1c[nH]cn1. The van der Waals surface area contributed by atoms with Crippen LogP contribution in [0.4, 0.5) is 0 Å². The minimum absolute atomic E-state index is 0. The molecule has 3 aromatic carbocycles. The number of nitrogens with one attached hydrogen (secondary N) is 3. The lowest BCUT2D eigenvalue weighted by Gasteiger charge is -2.33. The van der Waals surface area contributed by atoms with Crippen molar-refractivity contribution < 1.29 is 45.3 Å². The van der Waals surface area contributed by atoms with Crippen LogP contribution in [0.25, 0.3) is 28.2 Å². The molecule has 1 aliphatic heterocycles. The minimum atomic E-state index is -0.778. The fraction of sp³-hybridized carbons (Fsp3) is 0.415. The van der Waals surface area contributed by atoms with E-state index in [1.807, 2.05) is 41.5 Å². The number of aliphatic hydroxyl groups excluding tert-OH is 1. The van der Waals surface area contributed by atoms with Gasteiger partial charge in [-0.3, -0.25) is 9.59 Å². The Labute approximate surface area is 506 Å². The molecule has 1 aromatic heterocycles. The Hall–Kier alpha value is -7.62. The fourth-order valence-corrected chi connectivity index (χ4v) is 7.03. The molecule has 0 spiro atoms. The molecule has 2 atom stereocenters. The normalized spacial score (nSPS) is 10.8. The van der Waals surface area contributed by atoms with Gasteiger partial charge in [0.05, 0.1) is 24.5 Å². The quantitative estimate of drug-likeness (QED) is 0.0152. The first-order chi connectivity index (χ1) is 38.6.